The normalized spacial score (nSPS) is 8.44. The maximum Gasteiger partial charge on any atom is 0.129 e. The Hall–Kier alpha value is -0.0100. The summed E-state index contributed by atoms with van der Waals surface area (Å²) in [5.74, 6) is 0.255. The molecule has 0 aliphatic carbocycles. The van der Waals surface area contributed by atoms with Crippen LogP contribution >= 0.6 is 23.2 Å². The van der Waals surface area contributed by atoms with E-state index in [1.54, 1.807) is 6.92 Å². The van der Waals surface area contributed by atoms with E-state index < -0.39 is 0 Å². The Kier molecular flexibility index (Phi) is 14.2. The zero-order chi connectivity index (χ0) is 7.70. The van der Waals surface area contributed by atoms with Crippen LogP contribution in [0.3, 0.4) is 0 Å². The fourth-order valence-corrected chi connectivity index (χ4v) is 0. The number of halogens is 2. The van der Waals surface area contributed by atoms with Gasteiger partial charge in [0.1, 0.15) is 5.78 Å². The molecule has 0 aliphatic heterocycles. The molecule has 0 saturated carbocycles. The maximum absolute atomic E-state index is 9.81. The van der Waals surface area contributed by atoms with Crippen LogP contribution in [0.1, 0.15) is 20.3 Å². The Bertz CT molecular complexity index is 85.1. The fraction of sp³-hybridized carbons (Fsp3) is 0.500. The van der Waals surface area contributed by atoms with Crippen molar-refractivity contribution in [2.75, 3.05) is 0 Å². The van der Waals surface area contributed by atoms with Crippen molar-refractivity contribution in [2.45, 2.75) is 20.3 Å². The Morgan fingerprint density at radius 3 is 1.67 bits per heavy atom. The van der Waals surface area contributed by atoms with Crippen LogP contribution in [0.25, 0.3) is 0 Å². The van der Waals surface area contributed by atoms with Crippen molar-refractivity contribution in [2.24, 2.45) is 0 Å². The number of carbonyl (C=O) groups is 1. The van der Waals surface area contributed by atoms with Crippen LogP contribution in [0, 0.1) is 0 Å². The minimum atomic E-state index is 0.255. The Morgan fingerprint density at radius 1 is 1.44 bits per heavy atom. The van der Waals surface area contributed by atoms with E-state index in [4.69, 9.17) is 23.2 Å². The van der Waals surface area contributed by atoms with Crippen molar-refractivity contribution >= 4 is 29.0 Å². The lowest BCUT2D eigenvalue weighted by atomic mass is 10.4. The van der Waals surface area contributed by atoms with E-state index in [-0.39, 0.29) is 5.78 Å². The van der Waals surface area contributed by atoms with Gasteiger partial charge in [0.25, 0.3) is 0 Å². The molecular formula is C6H10Cl2O. The van der Waals surface area contributed by atoms with Crippen LogP contribution in [0.4, 0.5) is 0 Å². The van der Waals surface area contributed by atoms with Gasteiger partial charge < -0.3 is 4.79 Å². The second-order valence-corrected chi connectivity index (χ2v) is 1.81. The van der Waals surface area contributed by atoms with Crippen molar-refractivity contribution in [3.05, 3.63) is 11.1 Å². The van der Waals surface area contributed by atoms with Gasteiger partial charge in [-0.3, -0.25) is 0 Å². The van der Waals surface area contributed by atoms with E-state index >= 15 is 0 Å². The van der Waals surface area contributed by atoms with Gasteiger partial charge in [-0.15, -0.1) is 0 Å². The van der Waals surface area contributed by atoms with E-state index in [0.29, 0.717) is 6.42 Å². The summed E-state index contributed by atoms with van der Waals surface area (Å²) in [6, 6.07) is 0. The second kappa shape index (κ2) is 10.9. The summed E-state index contributed by atoms with van der Waals surface area (Å²) in [4.78, 5) is 9.81. The van der Waals surface area contributed by atoms with E-state index in [1.165, 1.54) is 11.1 Å². The molecule has 0 heterocycles. The molecule has 3 heteroatoms. The lowest BCUT2D eigenvalue weighted by Gasteiger charge is -1.71. The van der Waals surface area contributed by atoms with Crippen LogP contribution in [-0.4, -0.2) is 5.78 Å². The van der Waals surface area contributed by atoms with E-state index in [1.807, 2.05) is 6.92 Å². The molecule has 1 nitrogen and oxygen atoms in total. The molecule has 0 spiro atoms. The third-order valence-corrected chi connectivity index (χ3v) is 0.926. The largest absolute Gasteiger partial charge is 0.300 e. The summed E-state index contributed by atoms with van der Waals surface area (Å²) in [7, 11) is 0. The molecule has 0 aromatic carbocycles. The maximum atomic E-state index is 9.81. The molecule has 0 atom stereocenters. The average molecular weight is 169 g/mol. The third-order valence-electron chi connectivity index (χ3n) is 0.546. The molecule has 0 saturated heterocycles. The molecule has 0 bridgehead atoms. The van der Waals surface area contributed by atoms with E-state index in [9.17, 15) is 4.79 Å². The van der Waals surface area contributed by atoms with Gasteiger partial charge in [-0.2, -0.15) is 0 Å². The Morgan fingerprint density at radius 2 is 1.67 bits per heavy atom. The topological polar surface area (TPSA) is 17.1 Å². The number of Topliss-reactive ketones (excluding diaryl/α,β-unsaturated/α-hetero) is 1. The van der Waals surface area contributed by atoms with Gasteiger partial charge >= 0.3 is 0 Å². The van der Waals surface area contributed by atoms with Crippen molar-refractivity contribution < 1.29 is 4.79 Å². The Balaban J connectivity index is 0. The zero-order valence-electron chi connectivity index (χ0n) is 5.53. The molecule has 0 rings (SSSR count). The monoisotopic (exact) mass is 168 g/mol. The quantitative estimate of drug-likeness (QED) is 0.589. The fourth-order valence-electron chi connectivity index (χ4n) is 0. The molecule has 0 fully saturated rings. The minimum Gasteiger partial charge on any atom is -0.300 e. The predicted octanol–water partition coefficient (Wildman–Crippen LogP) is 2.92. The standard InChI is InChI=1S/C4H8O.C2H2Cl2/c1-3-4(2)5;3-1-2-4/h3H2,1-2H3;1-2H. The smallest absolute Gasteiger partial charge is 0.129 e. The summed E-state index contributed by atoms with van der Waals surface area (Å²) >= 11 is 9.75. The second-order valence-electron chi connectivity index (χ2n) is 1.31. The number of hydrogen-bond donors (Lipinski definition) is 0. The molecule has 54 valence electrons. The predicted molar refractivity (Wildman–Crippen MR) is 41.8 cm³/mol. The molecular weight excluding hydrogens is 159 g/mol. The first kappa shape index (κ1) is 11.7. The first-order valence-corrected chi connectivity index (χ1v) is 3.41. The van der Waals surface area contributed by atoms with Crippen LogP contribution in [0.2, 0.25) is 0 Å². The molecule has 0 N–H and O–H groups in total. The van der Waals surface area contributed by atoms with Crippen molar-refractivity contribution in [1.82, 2.24) is 0 Å². The van der Waals surface area contributed by atoms with Crippen molar-refractivity contribution in [3.63, 3.8) is 0 Å². The third kappa shape index (κ3) is 32.1. The highest BCUT2D eigenvalue weighted by Crippen LogP contribution is 1.78. The van der Waals surface area contributed by atoms with Gasteiger partial charge in [0, 0.05) is 17.5 Å². The van der Waals surface area contributed by atoms with Crippen molar-refractivity contribution in [1.29, 1.82) is 0 Å². The van der Waals surface area contributed by atoms with Crippen LogP contribution in [0.15, 0.2) is 11.1 Å². The summed E-state index contributed by atoms with van der Waals surface area (Å²) in [5, 5.41) is 0. The average Bonchev–Trinajstić information content (AvgIpc) is 1.89. The molecule has 0 aromatic heterocycles. The number of carbonyl (C=O) groups excluding carboxylic acids is 1. The Labute approximate surface area is 65.6 Å². The molecule has 0 aromatic rings. The van der Waals surface area contributed by atoms with Crippen LogP contribution < -0.4 is 0 Å². The lowest BCUT2D eigenvalue weighted by molar-refractivity contribution is -0.116. The van der Waals surface area contributed by atoms with Gasteiger partial charge in [0.2, 0.25) is 0 Å². The highest BCUT2D eigenvalue weighted by atomic mass is 35.5. The first-order valence-electron chi connectivity index (χ1n) is 2.53. The molecule has 0 amide bonds. The molecule has 0 unspecified atom stereocenters. The van der Waals surface area contributed by atoms with Crippen LogP contribution in [0.5, 0.6) is 0 Å². The molecule has 9 heavy (non-hydrogen) atoms. The number of hydrogen-bond acceptors (Lipinski definition) is 1. The number of rotatable bonds is 1. The SMILES string of the molecule is CCC(C)=O.ClC=CCl. The van der Waals surface area contributed by atoms with Gasteiger partial charge in [0.15, 0.2) is 0 Å². The minimum absolute atomic E-state index is 0.255. The summed E-state index contributed by atoms with van der Waals surface area (Å²) < 4.78 is 0. The van der Waals surface area contributed by atoms with Gasteiger partial charge in [-0.25, -0.2) is 0 Å². The summed E-state index contributed by atoms with van der Waals surface area (Å²) in [6.07, 6.45) is 0.667. The summed E-state index contributed by atoms with van der Waals surface area (Å²) in [6.45, 7) is 3.43. The summed E-state index contributed by atoms with van der Waals surface area (Å²) in [5.41, 5.74) is 2.48. The van der Waals surface area contributed by atoms with E-state index in [0.717, 1.165) is 0 Å². The highest BCUT2D eigenvalue weighted by molar-refractivity contribution is 6.33. The lowest BCUT2D eigenvalue weighted by Crippen LogP contribution is -1.80. The van der Waals surface area contributed by atoms with Crippen LogP contribution in [-0.2, 0) is 4.79 Å². The zero-order valence-corrected chi connectivity index (χ0v) is 7.04. The molecule has 0 radical (unpaired) electrons. The highest BCUT2D eigenvalue weighted by Gasteiger charge is 1.76. The van der Waals surface area contributed by atoms with Gasteiger partial charge in [-0.1, -0.05) is 30.1 Å². The molecule has 0 aliphatic rings. The number of ketones is 1. The van der Waals surface area contributed by atoms with Gasteiger partial charge in [-0.05, 0) is 6.92 Å². The van der Waals surface area contributed by atoms with Gasteiger partial charge in [0.05, 0.1) is 0 Å². The van der Waals surface area contributed by atoms with Crippen molar-refractivity contribution in [3.8, 4) is 0 Å². The van der Waals surface area contributed by atoms with E-state index in [2.05, 4.69) is 0 Å². The first-order chi connectivity index (χ1) is 4.18.